The molecule has 3 atom stereocenters. The van der Waals surface area contributed by atoms with E-state index in [0.717, 1.165) is 37.9 Å². The quantitative estimate of drug-likeness (QED) is 0.811. The SMILES string of the molecule is CC1Cc2nc(C3CCCOC3)[nH]c2CC1C. The number of rotatable bonds is 1. The first-order valence-electron chi connectivity index (χ1n) is 6.89. The van der Waals surface area contributed by atoms with Gasteiger partial charge >= 0.3 is 0 Å². The Hall–Kier alpha value is -0.830. The van der Waals surface area contributed by atoms with E-state index >= 15 is 0 Å². The molecule has 1 N–H and O–H groups in total. The molecular weight excluding hydrogens is 212 g/mol. The van der Waals surface area contributed by atoms with Crippen molar-refractivity contribution in [3.8, 4) is 0 Å². The molecule has 1 aliphatic carbocycles. The highest BCUT2D eigenvalue weighted by molar-refractivity contribution is 5.21. The molecule has 0 saturated carbocycles. The molecule has 3 heteroatoms. The number of aromatic amines is 1. The minimum Gasteiger partial charge on any atom is -0.381 e. The van der Waals surface area contributed by atoms with Gasteiger partial charge in [-0.2, -0.15) is 0 Å². The number of imidazole rings is 1. The molecule has 0 spiro atoms. The van der Waals surface area contributed by atoms with Gasteiger partial charge in [0.2, 0.25) is 0 Å². The Labute approximate surface area is 103 Å². The smallest absolute Gasteiger partial charge is 0.112 e. The lowest BCUT2D eigenvalue weighted by Gasteiger charge is -2.24. The van der Waals surface area contributed by atoms with Crippen molar-refractivity contribution in [2.24, 2.45) is 11.8 Å². The van der Waals surface area contributed by atoms with Crippen molar-refractivity contribution in [1.29, 1.82) is 0 Å². The molecule has 0 aromatic carbocycles. The Bertz CT molecular complexity index is 365. The van der Waals surface area contributed by atoms with Crippen LogP contribution in [0, 0.1) is 11.8 Å². The van der Waals surface area contributed by atoms with Gasteiger partial charge in [-0.15, -0.1) is 0 Å². The maximum Gasteiger partial charge on any atom is 0.112 e. The number of hydrogen-bond acceptors (Lipinski definition) is 2. The van der Waals surface area contributed by atoms with Gasteiger partial charge in [0, 0.05) is 18.2 Å². The van der Waals surface area contributed by atoms with E-state index in [1.54, 1.807) is 0 Å². The van der Waals surface area contributed by atoms with Gasteiger partial charge in [-0.1, -0.05) is 13.8 Å². The van der Waals surface area contributed by atoms with Crippen LogP contribution in [0.3, 0.4) is 0 Å². The van der Waals surface area contributed by atoms with Crippen LogP contribution in [-0.2, 0) is 17.6 Å². The molecule has 1 aromatic rings. The van der Waals surface area contributed by atoms with E-state index in [4.69, 9.17) is 9.72 Å². The van der Waals surface area contributed by atoms with Gasteiger partial charge in [-0.05, 0) is 37.5 Å². The normalized spacial score (nSPS) is 33.4. The van der Waals surface area contributed by atoms with Crippen LogP contribution in [0.25, 0.3) is 0 Å². The van der Waals surface area contributed by atoms with Crippen molar-refractivity contribution in [3.63, 3.8) is 0 Å². The fourth-order valence-electron chi connectivity index (χ4n) is 2.98. The van der Waals surface area contributed by atoms with E-state index in [2.05, 4.69) is 18.8 Å². The van der Waals surface area contributed by atoms with Crippen LogP contribution >= 0.6 is 0 Å². The lowest BCUT2D eigenvalue weighted by molar-refractivity contribution is 0.0782. The molecule has 94 valence electrons. The van der Waals surface area contributed by atoms with Crippen LogP contribution in [0.5, 0.6) is 0 Å². The number of fused-ring (bicyclic) bond motifs is 1. The van der Waals surface area contributed by atoms with Crippen molar-refractivity contribution < 1.29 is 4.74 Å². The van der Waals surface area contributed by atoms with Crippen molar-refractivity contribution in [2.45, 2.75) is 45.4 Å². The third-order valence-corrected chi connectivity index (χ3v) is 4.44. The second kappa shape index (κ2) is 4.45. The number of hydrogen-bond donors (Lipinski definition) is 1. The van der Waals surface area contributed by atoms with E-state index in [0.29, 0.717) is 5.92 Å². The van der Waals surface area contributed by atoms with Crippen molar-refractivity contribution in [2.75, 3.05) is 13.2 Å². The highest BCUT2D eigenvalue weighted by Crippen LogP contribution is 2.31. The Morgan fingerprint density at radius 2 is 2.06 bits per heavy atom. The first kappa shape index (κ1) is 11.3. The predicted molar refractivity (Wildman–Crippen MR) is 67.1 cm³/mol. The summed E-state index contributed by atoms with van der Waals surface area (Å²) in [5, 5.41) is 0. The molecule has 2 aliphatic rings. The third-order valence-electron chi connectivity index (χ3n) is 4.44. The fourth-order valence-corrected chi connectivity index (χ4v) is 2.98. The van der Waals surface area contributed by atoms with E-state index in [1.807, 2.05) is 0 Å². The summed E-state index contributed by atoms with van der Waals surface area (Å²) >= 11 is 0. The van der Waals surface area contributed by atoms with Gasteiger partial charge in [-0.25, -0.2) is 4.98 Å². The summed E-state index contributed by atoms with van der Waals surface area (Å²) in [4.78, 5) is 8.39. The average Bonchev–Trinajstić information content (AvgIpc) is 2.74. The number of nitrogens with one attached hydrogen (secondary N) is 1. The monoisotopic (exact) mass is 234 g/mol. The minimum absolute atomic E-state index is 0.500. The van der Waals surface area contributed by atoms with Gasteiger partial charge in [0.1, 0.15) is 5.82 Å². The van der Waals surface area contributed by atoms with Gasteiger partial charge in [-0.3, -0.25) is 0 Å². The maximum atomic E-state index is 5.55. The third kappa shape index (κ3) is 2.13. The van der Waals surface area contributed by atoms with E-state index in [-0.39, 0.29) is 0 Å². The fraction of sp³-hybridized carbons (Fsp3) is 0.786. The zero-order chi connectivity index (χ0) is 11.8. The average molecular weight is 234 g/mol. The van der Waals surface area contributed by atoms with Crippen LogP contribution in [0.4, 0.5) is 0 Å². The highest BCUT2D eigenvalue weighted by Gasteiger charge is 2.27. The molecule has 3 unspecified atom stereocenters. The summed E-state index contributed by atoms with van der Waals surface area (Å²) in [6, 6.07) is 0. The molecule has 1 aliphatic heterocycles. The number of ether oxygens (including phenoxy) is 1. The second-order valence-corrected chi connectivity index (χ2v) is 5.82. The number of H-pyrrole nitrogens is 1. The summed E-state index contributed by atoms with van der Waals surface area (Å²) in [5.41, 5.74) is 2.70. The number of aromatic nitrogens is 2. The molecule has 1 saturated heterocycles. The minimum atomic E-state index is 0.500. The molecule has 1 aromatic heterocycles. The molecule has 0 amide bonds. The Kier molecular flexibility index (Phi) is 2.95. The molecule has 0 bridgehead atoms. The lowest BCUT2D eigenvalue weighted by atomic mass is 9.82. The summed E-state index contributed by atoms with van der Waals surface area (Å²) in [6.45, 7) is 6.45. The largest absolute Gasteiger partial charge is 0.381 e. The highest BCUT2D eigenvalue weighted by atomic mass is 16.5. The second-order valence-electron chi connectivity index (χ2n) is 5.82. The van der Waals surface area contributed by atoms with Gasteiger partial charge in [0.05, 0.1) is 12.3 Å². The van der Waals surface area contributed by atoms with Gasteiger partial charge in [0.15, 0.2) is 0 Å². The van der Waals surface area contributed by atoms with Crippen LogP contribution in [0.2, 0.25) is 0 Å². The standard InChI is InChI=1S/C14H22N2O/c1-9-6-12-13(7-10(9)2)16-14(15-12)11-4-3-5-17-8-11/h9-11H,3-8H2,1-2H3,(H,15,16). The topological polar surface area (TPSA) is 37.9 Å². The first-order chi connectivity index (χ1) is 8.24. The molecular formula is C14H22N2O. The van der Waals surface area contributed by atoms with Crippen molar-refractivity contribution in [3.05, 3.63) is 17.2 Å². The Morgan fingerprint density at radius 1 is 1.24 bits per heavy atom. The summed E-state index contributed by atoms with van der Waals surface area (Å²) < 4.78 is 5.55. The lowest BCUT2D eigenvalue weighted by Crippen LogP contribution is -2.20. The molecule has 2 heterocycles. The first-order valence-corrected chi connectivity index (χ1v) is 6.89. The van der Waals surface area contributed by atoms with Gasteiger partial charge < -0.3 is 9.72 Å². The number of nitrogens with zero attached hydrogens (tertiary/aromatic N) is 1. The summed E-state index contributed by atoms with van der Waals surface area (Å²) in [7, 11) is 0. The summed E-state index contributed by atoms with van der Waals surface area (Å²) in [6.07, 6.45) is 4.69. The predicted octanol–water partition coefficient (Wildman–Crippen LogP) is 2.67. The van der Waals surface area contributed by atoms with Crippen molar-refractivity contribution in [1.82, 2.24) is 9.97 Å². The van der Waals surface area contributed by atoms with Gasteiger partial charge in [0.25, 0.3) is 0 Å². The van der Waals surface area contributed by atoms with Crippen molar-refractivity contribution >= 4 is 0 Å². The Morgan fingerprint density at radius 3 is 2.82 bits per heavy atom. The zero-order valence-corrected chi connectivity index (χ0v) is 10.8. The summed E-state index contributed by atoms with van der Waals surface area (Å²) in [5.74, 6) is 3.22. The van der Waals surface area contributed by atoms with E-state index in [1.165, 1.54) is 30.1 Å². The Balaban J connectivity index is 1.81. The molecule has 3 nitrogen and oxygen atoms in total. The van der Waals surface area contributed by atoms with Crippen LogP contribution in [0.1, 0.15) is 49.8 Å². The molecule has 17 heavy (non-hydrogen) atoms. The maximum absolute atomic E-state index is 5.55. The zero-order valence-electron chi connectivity index (χ0n) is 10.8. The van der Waals surface area contributed by atoms with E-state index in [9.17, 15) is 0 Å². The molecule has 3 rings (SSSR count). The van der Waals surface area contributed by atoms with Crippen LogP contribution in [0.15, 0.2) is 0 Å². The van der Waals surface area contributed by atoms with Crippen LogP contribution in [-0.4, -0.2) is 23.2 Å². The van der Waals surface area contributed by atoms with Crippen LogP contribution < -0.4 is 0 Å². The van der Waals surface area contributed by atoms with E-state index < -0.39 is 0 Å². The molecule has 0 radical (unpaired) electrons. The molecule has 1 fully saturated rings.